The second-order valence-corrected chi connectivity index (χ2v) is 6.91. The lowest BCUT2D eigenvalue weighted by atomic mass is 10.0. The molecule has 2 heterocycles. The Hall–Kier alpha value is -0.460. The first kappa shape index (κ1) is 14.9. The van der Waals surface area contributed by atoms with Crippen LogP contribution in [0.25, 0.3) is 0 Å². The first-order chi connectivity index (χ1) is 9.09. The van der Waals surface area contributed by atoms with Gasteiger partial charge in [-0.15, -0.1) is 0 Å². The van der Waals surface area contributed by atoms with Gasteiger partial charge in [-0.25, -0.2) is 0 Å². The molecule has 2 fully saturated rings. The molecule has 0 atom stereocenters. The summed E-state index contributed by atoms with van der Waals surface area (Å²) in [7, 11) is 0. The van der Waals surface area contributed by atoms with Gasteiger partial charge in [-0.3, -0.25) is 9.89 Å². The Morgan fingerprint density at radius 2 is 1.84 bits per heavy atom. The van der Waals surface area contributed by atoms with Gasteiger partial charge in [-0.05, 0) is 13.8 Å². The van der Waals surface area contributed by atoms with E-state index in [9.17, 15) is 0 Å². The molecule has 0 aromatic carbocycles. The number of morpholine rings is 1. The third kappa shape index (κ3) is 4.26. The van der Waals surface area contributed by atoms with Crippen LogP contribution < -0.4 is 5.73 Å². The van der Waals surface area contributed by atoms with Crippen LogP contribution in [0, 0.1) is 0 Å². The average Bonchev–Trinajstić information content (AvgIpc) is 2.47. The molecule has 2 aliphatic heterocycles. The van der Waals surface area contributed by atoms with Crippen molar-refractivity contribution < 1.29 is 4.74 Å². The standard InChI is InChI=1S/C13H26N4OS/c1-13(2,17-3-7-18-8-4-17)11-15-12(14)16-5-9-19-10-6-16/h3-11H2,1-2H3,(H2,14,15). The van der Waals surface area contributed by atoms with Crippen molar-refractivity contribution in [3.05, 3.63) is 0 Å². The zero-order valence-corrected chi connectivity index (χ0v) is 12.9. The second-order valence-electron chi connectivity index (χ2n) is 5.69. The molecule has 2 saturated heterocycles. The van der Waals surface area contributed by atoms with E-state index in [0.29, 0.717) is 5.96 Å². The Morgan fingerprint density at radius 3 is 2.47 bits per heavy atom. The molecule has 0 aliphatic carbocycles. The molecular formula is C13H26N4OS. The maximum Gasteiger partial charge on any atom is 0.191 e. The van der Waals surface area contributed by atoms with E-state index in [1.54, 1.807) is 0 Å². The minimum Gasteiger partial charge on any atom is -0.379 e. The number of hydrogen-bond donors (Lipinski definition) is 1. The van der Waals surface area contributed by atoms with Gasteiger partial charge in [-0.1, -0.05) is 0 Å². The summed E-state index contributed by atoms with van der Waals surface area (Å²) in [5, 5.41) is 0. The number of aliphatic imine (C=N–C) groups is 1. The Labute approximate surface area is 120 Å². The lowest BCUT2D eigenvalue weighted by Gasteiger charge is -2.40. The van der Waals surface area contributed by atoms with Crippen molar-refractivity contribution in [1.29, 1.82) is 0 Å². The van der Waals surface area contributed by atoms with E-state index >= 15 is 0 Å². The van der Waals surface area contributed by atoms with E-state index in [4.69, 9.17) is 10.5 Å². The van der Waals surface area contributed by atoms with Crippen molar-refractivity contribution in [1.82, 2.24) is 9.80 Å². The first-order valence-electron chi connectivity index (χ1n) is 7.05. The number of thioether (sulfide) groups is 1. The minimum atomic E-state index is 0.0545. The molecule has 110 valence electrons. The molecule has 0 spiro atoms. The van der Waals surface area contributed by atoms with E-state index in [1.807, 2.05) is 11.8 Å². The summed E-state index contributed by atoms with van der Waals surface area (Å²) in [5.74, 6) is 3.02. The molecule has 19 heavy (non-hydrogen) atoms. The van der Waals surface area contributed by atoms with Crippen molar-refractivity contribution >= 4 is 17.7 Å². The number of ether oxygens (including phenoxy) is 1. The third-order valence-electron chi connectivity index (χ3n) is 3.83. The van der Waals surface area contributed by atoms with Crippen LogP contribution in [0.2, 0.25) is 0 Å². The van der Waals surface area contributed by atoms with Gasteiger partial charge in [0.15, 0.2) is 5.96 Å². The van der Waals surface area contributed by atoms with Gasteiger partial charge in [0.25, 0.3) is 0 Å². The fourth-order valence-corrected chi connectivity index (χ4v) is 3.34. The van der Waals surface area contributed by atoms with E-state index in [-0.39, 0.29) is 5.54 Å². The van der Waals surface area contributed by atoms with Gasteiger partial charge in [0, 0.05) is 43.2 Å². The van der Waals surface area contributed by atoms with E-state index < -0.39 is 0 Å². The number of nitrogens with zero attached hydrogens (tertiary/aromatic N) is 3. The summed E-state index contributed by atoms with van der Waals surface area (Å²) in [6.07, 6.45) is 0. The molecular weight excluding hydrogens is 260 g/mol. The Kier molecular flexibility index (Phi) is 5.36. The van der Waals surface area contributed by atoms with Gasteiger partial charge >= 0.3 is 0 Å². The highest BCUT2D eigenvalue weighted by molar-refractivity contribution is 7.99. The SMILES string of the molecule is CC(C)(CN=C(N)N1CCSCC1)N1CCOCC1. The number of nitrogens with two attached hydrogens (primary N) is 1. The molecule has 5 nitrogen and oxygen atoms in total. The highest BCUT2D eigenvalue weighted by atomic mass is 32.2. The minimum absolute atomic E-state index is 0.0545. The van der Waals surface area contributed by atoms with Crippen molar-refractivity contribution in [2.45, 2.75) is 19.4 Å². The lowest BCUT2D eigenvalue weighted by Crippen LogP contribution is -2.52. The summed E-state index contributed by atoms with van der Waals surface area (Å²) in [6.45, 7) is 10.9. The molecule has 6 heteroatoms. The fraction of sp³-hybridized carbons (Fsp3) is 0.923. The topological polar surface area (TPSA) is 54.1 Å². The van der Waals surface area contributed by atoms with Gasteiger partial charge in [0.05, 0.1) is 19.8 Å². The first-order valence-corrected chi connectivity index (χ1v) is 8.20. The summed E-state index contributed by atoms with van der Waals surface area (Å²) >= 11 is 1.99. The van der Waals surface area contributed by atoms with Crippen molar-refractivity contribution in [3.8, 4) is 0 Å². The van der Waals surface area contributed by atoms with Gasteiger partial charge < -0.3 is 15.4 Å². The van der Waals surface area contributed by atoms with Gasteiger partial charge in [-0.2, -0.15) is 11.8 Å². The number of hydrogen-bond acceptors (Lipinski definition) is 4. The predicted molar refractivity (Wildman–Crippen MR) is 81.9 cm³/mol. The summed E-state index contributed by atoms with van der Waals surface area (Å²) in [5.41, 5.74) is 6.16. The quantitative estimate of drug-likeness (QED) is 0.603. The second kappa shape index (κ2) is 6.81. The molecule has 0 bridgehead atoms. The lowest BCUT2D eigenvalue weighted by molar-refractivity contribution is -0.00687. The van der Waals surface area contributed by atoms with Crippen molar-refractivity contribution in [3.63, 3.8) is 0 Å². The van der Waals surface area contributed by atoms with Crippen LogP contribution in [0.3, 0.4) is 0 Å². The Bertz CT molecular complexity index is 310. The summed E-state index contributed by atoms with van der Waals surface area (Å²) < 4.78 is 5.40. The van der Waals surface area contributed by atoms with Gasteiger partial charge in [0.2, 0.25) is 0 Å². The van der Waals surface area contributed by atoms with E-state index in [2.05, 4.69) is 28.6 Å². The van der Waals surface area contributed by atoms with Crippen LogP contribution in [0.5, 0.6) is 0 Å². The van der Waals surface area contributed by atoms with Crippen molar-refractivity contribution in [2.24, 2.45) is 10.7 Å². The molecule has 0 radical (unpaired) electrons. The van der Waals surface area contributed by atoms with Crippen LogP contribution in [-0.4, -0.2) is 78.7 Å². The number of guanidine groups is 1. The molecule has 2 N–H and O–H groups in total. The highest BCUT2D eigenvalue weighted by Gasteiger charge is 2.28. The molecule has 0 aromatic rings. The monoisotopic (exact) mass is 286 g/mol. The highest BCUT2D eigenvalue weighted by Crippen LogP contribution is 2.17. The smallest absolute Gasteiger partial charge is 0.191 e. The molecule has 0 saturated carbocycles. The molecule has 0 unspecified atom stereocenters. The fourth-order valence-electron chi connectivity index (χ4n) is 2.44. The molecule has 2 rings (SSSR count). The normalized spacial score (nSPS) is 23.7. The number of rotatable bonds is 3. The maximum absolute atomic E-state index is 6.11. The van der Waals surface area contributed by atoms with E-state index in [1.165, 1.54) is 0 Å². The molecule has 0 amide bonds. The summed E-state index contributed by atoms with van der Waals surface area (Å²) in [6, 6.07) is 0. The largest absolute Gasteiger partial charge is 0.379 e. The van der Waals surface area contributed by atoms with Crippen LogP contribution in [-0.2, 0) is 4.74 Å². The van der Waals surface area contributed by atoms with Crippen LogP contribution in [0.1, 0.15) is 13.8 Å². The van der Waals surface area contributed by atoms with Crippen LogP contribution in [0.15, 0.2) is 4.99 Å². The summed E-state index contributed by atoms with van der Waals surface area (Å²) in [4.78, 5) is 9.27. The maximum atomic E-state index is 6.11. The Balaban J connectivity index is 1.87. The van der Waals surface area contributed by atoms with Crippen molar-refractivity contribution in [2.75, 3.05) is 57.4 Å². The molecule has 2 aliphatic rings. The van der Waals surface area contributed by atoms with Crippen LogP contribution in [0.4, 0.5) is 0 Å². The van der Waals surface area contributed by atoms with Gasteiger partial charge in [0.1, 0.15) is 0 Å². The van der Waals surface area contributed by atoms with Crippen LogP contribution >= 0.6 is 11.8 Å². The molecule has 0 aromatic heterocycles. The predicted octanol–water partition coefficient (Wildman–Crippen LogP) is 0.461. The average molecular weight is 286 g/mol. The zero-order valence-electron chi connectivity index (χ0n) is 12.1. The third-order valence-corrected chi connectivity index (χ3v) is 4.77. The van der Waals surface area contributed by atoms with E-state index in [0.717, 1.165) is 57.4 Å². The zero-order chi connectivity index (χ0) is 13.7. The Morgan fingerprint density at radius 1 is 1.21 bits per heavy atom.